The van der Waals surface area contributed by atoms with E-state index in [1.165, 1.54) is 4.90 Å². The van der Waals surface area contributed by atoms with Crippen LogP contribution in [-0.4, -0.2) is 41.9 Å². The Morgan fingerprint density at radius 1 is 1.11 bits per heavy atom. The third kappa shape index (κ3) is 1.85. The van der Waals surface area contributed by atoms with Gasteiger partial charge >= 0.3 is 6.03 Å². The molecular weight excluding hydrogens is 246 g/mol. The van der Waals surface area contributed by atoms with Gasteiger partial charge in [0, 0.05) is 12.2 Å². The molecule has 0 aliphatic carbocycles. The summed E-state index contributed by atoms with van der Waals surface area (Å²) in [5.41, 5.74) is 0.658. The molecule has 0 spiro atoms. The highest BCUT2D eigenvalue weighted by Gasteiger charge is 2.45. The molecule has 19 heavy (non-hydrogen) atoms. The van der Waals surface area contributed by atoms with Crippen molar-refractivity contribution in [3.63, 3.8) is 0 Å². The van der Waals surface area contributed by atoms with Gasteiger partial charge in [-0.05, 0) is 18.6 Å². The van der Waals surface area contributed by atoms with E-state index in [4.69, 9.17) is 0 Å². The Balaban J connectivity index is 1.87. The molecular formula is C13H12N3O3. The van der Waals surface area contributed by atoms with Gasteiger partial charge in [0.05, 0.1) is 0 Å². The minimum absolute atomic E-state index is 0.0212. The molecule has 6 heteroatoms. The lowest BCUT2D eigenvalue weighted by molar-refractivity contribution is -0.132. The van der Waals surface area contributed by atoms with Crippen molar-refractivity contribution in [2.75, 3.05) is 18.0 Å². The number of para-hydroxylation sites is 1. The molecule has 0 aromatic heterocycles. The lowest BCUT2D eigenvalue weighted by Gasteiger charge is -2.20. The standard InChI is InChI=1S/C13H12N3O3/c17-11-8-15(9-4-2-1-3-5-9)13(19)16(11)10-6-7-14-12(10)18/h1-5,10H,6-8H2. The van der Waals surface area contributed by atoms with Crippen LogP contribution >= 0.6 is 0 Å². The maximum Gasteiger partial charge on any atom is 0.332 e. The quantitative estimate of drug-likeness (QED) is 0.719. The van der Waals surface area contributed by atoms with Gasteiger partial charge in [0.1, 0.15) is 12.6 Å². The Morgan fingerprint density at radius 3 is 2.47 bits per heavy atom. The van der Waals surface area contributed by atoms with Gasteiger partial charge in [0.25, 0.3) is 11.8 Å². The van der Waals surface area contributed by atoms with Crippen LogP contribution in [0.4, 0.5) is 10.5 Å². The smallest absolute Gasteiger partial charge is 0.285 e. The zero-order valence-electron chi connectivity index (χ0n) is 10.2. The SMILES string of the molecule is O=C1[N]CCC1N1C(=O)CN(c2ccccc2)C1=O. The molecule has 2 fully saturated rings. The van der Waals surface area contributed by atoms with Crippen molar-refractivity contribution in [2.24, 2.45) is 0 Å². The predicted octanol–water partition coefficient (Wildman–Crippen LogP) is 0.359. The summed E-state index contributed by atoms with van der Waals surface area (Å²) >= 11 is 0. The number of carbonyl (C=O) groups is 3. The van der Waals surface area contributed by atoms with Gasteiger partial charge in [-0.3, -0.25) is 14.5 Å². The molecule has 1 atom stereocenters. The summed E-state index contributed by atoms with van der Waals surface area (Å²) in [6.45, 7) is 0.360. The number of hydrogen-bond donors (Lipinski definition) is 0. The van der Waals surface area contributed by atoms with Crippen molar-refractivity contribution >= 4 is 23.5 Å². The zero-order chi connectivity index (χ0) is 13.4. The number of rotatable bonds is 2. The second-order valence-corrected chi connectivity index (χ2v) is 4.49. The van der Waals surface area contributed by atoms with Crippen LogP contribution in [0.5, 0.6) is 0 Å². The number of benzene rings is 1. The van der Waals surface area contributed by atoms with Gasteiger partial charge in [-0.25, -0.2) is 15.0 Å². The van der Waals surface area contributed by atoms with Crippen molar-refractivity contribution in [3.8, 4) is 0 Å². The van der Waals surface area contributed by atoms with Gasteiger partial charge in [0.15, 0.2) is 0 Å². The summed E-state index contributed by atoms with van der Waals surface area (Å²) in [6.07, 6.45) is 0.430. The van der Waals surface area contributed by atoms with E-state index in [9.17, 15) is 14.4 Å². The predicted molar refractivity (Wildman–Crippen MR) is 66.4 cm³/mol. The van der Waals surface area contributed by atoms with Crippen LogP contribution in [-0.2, 0) is 9.59 Å². The monoisotopic (exact) mass is 258 g/mol. The van der Waals surface area contributed by atoms with Crippen molar-refractivity contribution in [3.05, 3.63) is 30.3 Å². The Bertz CT molecular complexity index is 543. The molecule has 1 unspecified atom stereocenters. The number of urea groups is 1. The molecule has 97 valence electrons. The molecule has 6 nitrogen and oxygen atoms in total. The lowest BCUT2D eigenvalue weighted by Crippen LogP contribution is -2.44. The molecule has 2 heterocycles. The average Bonchev–Trinajstić information content (AvgIpc) is 2.95. The number of anilines is 1. The number of imide groups is 1. The molecule has 2 aliphatic heterocycles. The van der Waals surface area contributed by atoms with E-state index in [-0.39, 0.29) is 18.4 Å². The summed E-state index contributed by atoms with van der Waals surface area (Å²) in [6, 6.07) is 7.80. The van der Waals surface area contributed by atoms with Crippen LogP contribution in [0, 0.1) is 0 Å². The highest BCUT2D eigenvalue weighted by molar-refractivity contribution is 6.14. The van der Waals surface area contributed by atoms with Crippen LogP contribution in [0.25, 0.3) is 0 Å². The first-order chi connectivity index (χ1) is 9.18. The molecule has 0 saturated carbocycles. The van der Waals surface area contributed by atoms with E-state index in [0.29, 0.717) is 18.7 Å². The van der Waals surface area contributed by atoms with Crippen molar-refractivity contribution in [1.82, 2.24) is 10.2 Å². The Kier molecular flexibility index (Phi) is 2.70. The van der Waals surface area contributed by atoms with Crippen LogP contribution in [0.15, 0.2) is 30.3 Å². The summed E-state index contributed by atoms with van der Waals surface area (Å²) in [4.78, 5) is 38.3. The molecule has 0 bridgehead atoms. The van der Waals surface area contributed by atoms with Crippen molar-refractivity contribution in [2.45, 2.75) is 12.5 Å². The van der Waals surface area contributed by atoms with Crippen molar-refractivity contribution < 1.29 is 14.4 Å². The van der Waals surface area contributed by atoms with Crippen molar-refractivity contribution in [1.29, 1.82) is 0 Å². The highest BCUT2D eigenvalue weighted by Crippen LogP contribution is 2.24. The summed E-state index contributed by atoms with van der Waals surface area (Å²) < 4.78 is 0. The fourth-order valence-corrected chi connectivity index (χ4v) is 2.40. The van der Waals surface area contributed by atoms with Crippen LogP contribution in [0.1, 0.15) is 6.42 Å². The first-order valence-corrected chi connectivity index (χ1v) is 6.08. The maximum absolute atomic E-state index is 12.3. The first-order valence-electron chi connectivity index (χ1n) is 6.08. The third-order valence-corrected chi connectivity index (χ3v) is 3.33. The lowest BCUT2D eigenvalue weighted by atomic mass is 10.2. The Hall–Kier alpha value is -2.37. The van der Waals surface area contributed by atoms with Gasteiger partial charge in [-0.15, -0.1) is 0 Å². The van der Waals surface area contributed by atoms with Crippen LogP contribution in [0.2, 0.25) is 0 Å². The molecule has 3 rings (SSSR count). The first kappa shape index (κ1) is 11.7. The zero-order valence-corrected chi connectivity index (χ0v) is 10.2. The van der Waals surface area contributed by atoms with Crippen LogP contribution in [0.3, 0.4) is 0 Å². The summed E-state index contributed by atoms with van der Waals surface area (Å²) in [5, 5.41) is 3.73. The molecule has 0 N–H and O–H groups in total. The Morgan fingerprint density at radius 2 is 1.84 bits per heavy atom. The highest BCUT2D eigenvalue weighted by atomic mass is 16.2. The molecule has 1 aromatic rings. The minimum Gasteiger partial charge on any atom is -0.285 e. The fraction of sp³-hybridized carbons (Fsp3) is 0.308. The molecule has 1 radical (unpaired) electrons. The molecule has 2 aliphatic rings. The number of carbonyl (C=O) groups excluding carboxylic acids is 3. The normalized spacial score (nSPS) is 23.2. The summed E-state index contributed by atoms with van der Waals surface area (Å²) in [7, 11) is 0. The molecule has 2 saturated heterocycles. The topological polar surface area (TPSA) is 71.8 Å². The van der Waals surface area contributed by atoms with Crippen LogP contribution < -0.4 is 10.2 Å². The maximum atomic E-state index is 12.3. The number of amides is 4. The van der Waals surface area contributed by atoms with E-state index >= 15 is 0 Å². The minimum atomic E-state index is -0.714. The van der Waals surface area contributed by atoms with E-state index in [0.717, 1.165) is 4.90 Å². The molecule has 4 amide bonds. The third-order valence-electron chi connectivity index (χ3n) is 3.33. The average molecular weight is 258 g/mol. The van der Waals surface area contributed by atoms with Gasteiger partial charge < -0.3 is 0 Å². The van der Waals surface area contributed by atoms with Gasteiger partial charge in [0.2, 0.25) is 0 Å². The van der Waals surface area contributed by atoms with E-state index < -0.39 is 12.1 Å². The molecule has 1 aromatic carbocycles. The Labute approximate surface area is 110 Å². The summed E-state index contributed by atoms with van der Waals surface area (Å²) in [5.74, 6) is -0.721. The largest absolute Gasteiger partial charge is 0.332 e. The number of nitrogens with zero attached hydrogens (tertiary/aromatic N) is 3. The van der Waals surface area contributed by atoms with Gasteiger partial charge in [-0.2, -0.15) is 0 Å². The van der Waals surface area contributed by atoms with E-state index in [1.807, 2.05) is 6.07 Å². The second kappa shape index (κ2) is 4.38. The fourth-order valence-electron chi connectivity index (χ4n) is 2.40. The van der Waals surface area contributed by atoms with E-state index in [2.05, 4.69) is 5.32 Å². The second-order valence-electron chi connectivity index (χ2n) is 4.49. The van der Waals surface area contributed by atoms with Gasteiger partial charge in [-0.1, -0.05) is 18.2 Å². The van der Waals surface area contributed by atoms with E-state index in [1.54, 1.807) is 24.3 Å². The number of hydrogen-bond acceptors (Lipinski definition) is 3.